The van der Waals surface area contributed by atoms with Crippen molar-refractivity contribution in [3.63, 3.8) is 0 Å². The SMILES string of the molecule is C=[N+](/C=C(/NC(=O)Nc1cccc(C(F)(F)F)c1)ON)Cc1ccc(-c2cncnc2)c(C)c1. The topological polar surface area (TPSA) is 105 Å². The van der Waals surface area contributed by atoms with Crippen molar-refractivity contribution in [2.24, 2.45) is 5.90 Å². The number of carbonyl (C=O) groups excluding carboxylic acids is 1. The van der Waals surface area contributed by atoms with Gasteiger partial charge in [0.15, 0.2) is 6.54 Å². The highest BCUT2D eigenvalue weighted by atomic mass is 19.4. The largest absolute Gasteiger partial charge is 0.416 e. The molecule has 176 valence electrons. The Morgan fingerprint density at radius 3 is 2.59 bits per heavy atom. The van der Waals surface area contributed by atoms with Crippen molar-refractivity contribution >= 4 is 18.4 Å². The van der Waals surface area contributed by atoms with Gasteiger partial charge in [-0.15, -0.1) is 0 Å². The second kappa shape index (κ2) is 10.6. The van der Waals surface area contributed by atoms with Crippen molar-refractivity contribution in [1.82, 2.24) is 15.3 Å². The molecule has 1 heterocycles. The van der Waals surface area contributed by atoms with Crippen molar-refractivity contribution in [3.8, 4) is 11.1 Å². The minimum atomic E-state index is -4.53. The Balaban J connectivity index is 1.63. The van der Waals surface area contributed by atoms with Gasteiger partial charge >= 0.3 is 12.2 Å². The van der Waals surface area contributed by atoms with E-state index in [0.29, 0.717) is 6.54 Å². The van der Waals surface area contributed by atoms with E-state index in [1.807, 2.05) is 25.1 Å². The Morgan fingerprint density at radius 1 is 1.21 bits per heavy atom. The standard InChI is InChI=1S/C23H21F3N6O2/c1-15-8-16(6-7-20(15)17-10-28-14-29-11-17)12-32(2)13-21(34-27)31-22(33)30-19-5-3-4-18(9-19)23(24,25)26/h3-11,13-14H,2,12,27H2,1H3,(H-,30,31,33)/p+1/b21-13-. The predicted octanol–water partition coefficient (Wildman–Crippen LogP) is 4.19. The number of aromatic nitrogens is 2. The molecule has 0 spiro atoms. The highest BCUT2D eigenvalue weighted by molar-refractivity contribution is 5.90. The molecule has 0 saturated carbocycles. The molecule has 8 nitrogen and oxygen atoms in total. The number of halogens is 3. The Labute approximate surface area is 193 Å². The third kappa shape index (κ3) is 6.62. The lowest BCUT2D eigenvalue weighted by molar-refractivity contribution is -0.467. The summed E-state index contributed by atoms with van der Waals surface area (Å²) < 4.78 is 40.0. The van der Waals surface area contributed by atoms with Crippen LogP contribution in [-0.2, 0) is 17.6 Å². The predicted molar refractivity (Wildman–Crippen MR) is 120 cm³/mol. The maximum Gasteiger partial charge on any atom is 0.416 e. The summed E-state index contributed by atoms with van der Waals surface area (Å²) in [5, 5.41) is 4.61. The Kier molecular flexibility index (Phi) is 7.59. The normalized spacial score (nSPS) is 11.6. The van der Waals surface area contributed by atoms with E-state index < -0.39 is 17.8 Å². The molecule has 0 saturated heterocycles. The zero-order valence-corrected chi connectivity index (χ0v) is 18.1. The van der Waals surface area contributed by atoms with E-state index in [9.17, 15) is 18.0 Å². The number of carbonyl (C=O) groups is 1. The minimum Gasteiger partial charge on any atom is -0.387 e. The molecule has 0 fully saturated rings. The summed E-state index contributed by atoms with van der Waals surface area (Å²) in [6, 6.07) is 9.22. The second-order valence-corrected chi connectivity index (χ2v) is 7.29. The van der Waals surface area contributed by atoms with Crippen molar-refractivity contribution in [3.05, 3.63) is 90.0 Å². The molecule has 0 aliphatic rings. The van der Waals surface area contributed by atoms with Gasteiger partial charge in [-0.25, -0.2) is 19.3 Å². The molecule has 0 unspecified atom stereocenters. The molecule has 0 bridgehead atoms. The summed E-state index contributed by atoms with van der Waals surface area (Å²) in [5.74, 6) is 5.06. The number of alkyl halides is 3. The van der Waals surface area contributed by atoms with Crippen LogP contribution in [0.1, 0.15) is 16.7 Å². The molecule has 0 atom stereocenters. The van der Waals surface area contributed by atoms with Crippen molar-refractivity contribution < 1.29 is 27.4 Å². The zero-order chi connectivity index (χ0) is 24.7. The molecule has 1 aromatic heterocycles. The molecule has 0 aliphatic heterocycles. The lowest BCUT2D eigenvalue weighted by Gasteiger charge is -2.11. The molecule has 4 N–H and O–H groups in total. The van der Waals surface area contributed by atoms with E-state index in [4.69, 9.17) is 5.90 Å². The molecule has 0 radical (unpaired) electrons. The molecule has 3 aromatic rings. The fourth-order valence-electron chi connectivity index (χ4n) is 3.17. The summed E-state index contributed by atoms with van der Waals surface area (Å²) >= 11 is 0. The summed E-state index contributed by atoms with van der Waals surface area (Å²) in [6.45, 7) is 6.18. The lowest BCUT2D eigenvalue weighted by atomic mass is 10.0. The van der Waals surface area contributed by atoms with Crippen LogP contribution in [-0.4, -0.2) is 27.3 Å². The van der Waals surface area contributed by atoms with Gasteiger partial charge < -0.3 is 10.2 Å². The van der Waals surface area contributed by atoms with Crippen LogP contribution >= 0.6 is 0 Å². The van der Waals surface area contributed by atoms with Gasteiger partial charge in [0.2, 0.25) is 6.20 Å². The number of nitrogens with zero attached hydrogens (tertiary/aromatic N) is 3. The number of benzene rings is 2. The van der Waals surface area contributed by atoms with Gasteiger partial charge in [0.25, 0.3) is 5.88 Å². The van der Waals surface area contributed by atoms with Crippen LogP contribution in [0.15, 0.2) is 73.3 Å². The fourth-order valence-corrected chi connectivity index (χ4v) is 3.17. The number of nitrogens with two attached hydrogens (primary N) is 1. The highest BCUT2D eigenvalue weighted by Crippen LogP contribution is 2.30. The summed E-state index contributed by atoms with van der Waals surface area (Å²) in [4.78, 5) is 24.9. The number of hydrogen-bond donors (Lipinski definition) is 3. The number of amides is 2. The smallest absolute Gasteiger partial charge is 0.387 e. The summed E-state index contributed by atoms with van der Waals surface area (Å²) in [7, 11) is 0. The van der Waals surface area contributed by atoms with Gasteiger partial charge in [-0.1, -0.05) is 18.2 Å². The van der Waals surface area contributed by atoms with Crippen LogP contribution in [0.25, 0.3) is 11.1 Å². The minimum absolute atomic E-state index is 0.0467. The number of aryl methyl sites for hydroxylation is 1. The number of urea groups is 1. The van der Waals surface area contributed by atoms with E-state index >= 15 is 0 Å². The average Bonchev–Trinajstić information content (AvgIpc) is 2.79. The van der Waals surface area contributed by atoms with Gasteiger partial charge in [-0.2, -0.15) is 19.1 Å². The lowest BCUT2D eigenvalue weighted by Crippen LogP contribution is -2.31. The van der Waals surface area contributed by atoms with Crippen LogP contribution in [0.5, 0.6) is 0 Å². The first-order valence-electron chi connectivity index (χ1n) is 9.91. The van der Waals surface area contributed by atoms with Crippen molar-refractivity contribution in [1.29, 1.82) is 0 Å². The van der Waals surface area contributed by atoms with Crippen LogP contribution in [0.4, 0.5) is 23.7 Å². The quantitative estimate of drug-likeness (QED) is 0.207. The number of anilines is 1. The fraction of sp³-hybridized carbons (Fsp3) is 0.130. The van der Waals surface area contributed by atoms with Gasteiger partial charge in [-0.3, -0.25) is 5.32 Å². The molecule has 0 aliphatic carbocycles. The highest BCUT2D eigenvalue weighted by Gasteiger charge is 2.30. The first-order chi connectivity index (χ1) is 16.2. The van der Waals surface area contributed by atoms with E-state index in [1.54, 1.807) is 12.4 Å². The van der Waals surface area contributed by atoms with Crippen molar-refractivity contribution in [2.45, 2.75) is 19.6 Å². The maximum atomic E-state index is 12.8. The van der Waals surface area contributed by atoms with Crippen LogP contribution in [0.3, 0.4) is 0 Å². The van der Waals surface area contributed by atoms with Gasteiger partial charge in [0, 0.05) is 29.2 Å². The van der Waals surface area contributed by atoms with Crippen LogP contribution in [0, 0.1) is 6.92 Å². The van der Waals surface area contributed by atoms with Gasteiger partial charge in [-0.05, 0) is 42.3 Å². The van der Waals surface area contributed by atoms with Crippen LogP contribution in [0.2, 0.25) is 0 Å². The third-order valence-corrected chi connectivity index (χ3v) is 4.66. The molecule has 2 aromatic carbocycles. The molecular formula is C23H22F3N6O2+. The number of rotatable bonds is 7. The number of nitrogens with one attached hydrogen (secondary N) is 2. The summed E-state index contributed by atoms with van der Waals surface area (Å²) in [5.41, 5.74) is 2.89. The second-order valence-electron chi connectivity index (χ2n) is 7.29. The molecule has 34 heavy (non-hydrogen) atoms. The van der Waals surface area contributed by atoms with E-state index in [-0.39, 0.29) is 11.6 Å². The third-order valence-electron chi connectivity index (χ3n) is 4.66. The van der Waals surface area contributed by atoms with E-state index in [1.165, 1.54) is 29.2 Å². The first-order valence-corrected chi connectivity index (χ1v) is 9.91. The monoisotopic (exact) mass is 471 g/mol. The van der Waals surface area contributed by atoms with Crippen LogP contribution < -0.4 is 16.5 Å². The Morgan fingerprint density at radius 2 is 1.94 bits per heavy atom. The van der Waals surface area contributed by atoms with E-state index in [0.717, 1.165) is 34.4 Å². The molecule has 2 amide bonds. The maximum absolute atomic E-state index is 12.8. The van der Waals surface area contributed by atoms with Gasteiger partial charge in [0.1, 0.15) is 13.0 Å². The summed E-state index contributed by atoms with van der Waals surface area (Å²) in [6.07, 6.45) is 1.74. The molecular weight excluding hydrogens is 449 g/mol. The average molecular weight is 471 g/mol. The Bertz CT molecular complexity index is 1210. The molecule has 3 rings (SSSR count). The Hall–Kier alpha value is -4.25. The zero-order valence-electron chi connectivity index (χ0n) is 18.1. The van der Waals surface area contributed by atoms with E-state index in [2.05, 4.69) is 32.2 Å². The van der Waals surface area contributed by atoms with Gasteiger partial charge in [0.05, 0.1) is 5.56 Å². The van der Waals surface area contributed by atoms with Crippen molar-refractivity contribution in [2.75, 3.05) is 5.32 Å². The first kappa shape index (κ1) is 24.4. The number of hydrogen-bond acceptors (Lipinski definition) is 5. The molecule has 11 heteroatoms.